The van der Waals surface area contributed by atoms with Crippen LogP contribution in [0.3, 0.4) is 0 Å². The van der Waals surface area contributed by atoms with Crippen molar-refractivity contribution < 1.29 is 25.3 Å². The number of hydrogen-bond donors (Lipinski definition) is 0. The van der Waals surface area contributed by atoms with E-state index in [9.17, 15) is 19.8 Å². The molecule has 7 nitrogen and oxygen atoms in total. The molecule has 0 aromatic carbocycles. The van der Waals surface area contributed by atoms with Crippen LogP contribution >= 0.6 is 0 Å². The number of carboxylic acids is 2. The number of pyridine rings is 2. The van der Waals surface area contributed by atoms with Gasteiger partial charge >= 0.3 is 27.3 Å². The average molecular weight is 469 g/mol. The Morgan fingerprint density at radius 2 is 1.00 bits per heavy atom. The summed E-state index contributed by atoms with van der Waals surface area (Å²) in [6, 6.07) is 5.54. The van der Waals surface area contributed by atoms with Crippen LogP contribution in [-0.4, -0.2) is 54.7 Å². The van der Waals surface area contributed by atoms with Gasteiger partial charge in [-0.05, 0) is 24.3 Å². The van der Waals surface area contributed by atoms with E-state index in [-0.39, 0.29) is 43.9 Å². The summed E-state index contributed by atoms with van der Waals surface area (Å²) < 4.78 is 0. The molecular formula is C12H10N2O5Pb. The van der Waals surface area contributed by atoms with Crippen LogP contribution in [0.5, 0.6) is 0 Å². The van der Waals surface area contributed by atoms with E-state index in [0.717, 1.165) is 0 Å². The first kappa shape index (κ1) is 20.4. The predicted octanol–water partition coefficient (Wildman–Crippen LogP) is -2.32. The molecule has 2 rings (SSSR count). The molecule has 0 fully saturated rings. The van der Waals surface area contributed by atoms with Crippen LogP contribution in [0, 0.1) is 0 Å². The quantitative estimate of drug-likeness (QED) is 0.453. The minimum atomic E-state index is -1.17. The number of nitrogens with zero attached hydrogens (tertiary/aromatic N) is 2. The van der Waals surface area contributed by atoms with E-state index in [1.807, 2.05) is 0 Å². The van der Waals surface area contributed by atoms with Crippen molar-refractivity contribution in [2.75, 3.05) is 0 Å². The maximum atomic E-state index is 10.1. The molecule has 2 radical (unpaired) electrons. The summed E-state index contributed by atoms with van der Waals surface area (Å²) in [6.45, 7) is 0. The molecule has 0 saturated carbocycles. The molecule has 0 spiro atoms. The van der Waals surface area contributed by atoms with Crippen molar-refractivity contribution in [3.63, 3.8) is 0 Å². The Balaban J connectivity index is 0. The maximum absolute atomic E-state index is 10.1. The Kier molecular flexibility index (Phi) is 11.2. The van der Waals surface area contributed by atoms with Crippen LogP contribution in [0.2, 0.25) is 0 Å². The van der Waals surface area contributed by atoms with Gasteiger partial charge in [-0.15, -0.1) is 0 Å². The zero-order valence-corrected chi connectivity index (χ0v) is 14.0. The normalized spacial score (nSPS) is 8.00. The van der Waals surface area contributed by atoms with E-state index < -0.39 is 11.9 Å². The van der Waals surface area contributed by atoms with Gasteiger partial charge in [0.1, 0.15) is 0 Å². The van der Waals surface area contributed by atoms with Crippen LogP contribution in [0.1, 0.15) is 20.7 Å². The topological polar surface area (TPSA) is 138 Å². The van der Waals surface area contributed by atoms with Crippen LogP contribution in [0.4, 0.5) is 0 Å². The van der Waals surface area contributed by atoms with Crippen molar-refractivity contribution in [1.29, 1.82) is 0 Å². The van der Waals surface area contributed by atoms with Crippen molar-refractivity contribution >= 4 is 39.2 Å². The van der Waals surface area contributed by atoms with Crippen LogP contribution < -0.4 is 10.2 Å². The minimum Gasteiger partial charge on any atom is -0.545 e. The number of carbonyl (C=O) groups is 2. The Labute approximate surface area is 134 Å². The van der Waals surface area contributed by atoms with E-state index in [0.29, 0.717) is 0 Å². The fourth-order valence-electron chi connectivity index (χ4n) is 0.976. The molecule has 20 heavy (non-hydrogen) atoms. The fraction of sp³-hybridized carbons (Fsp3) is 0. The van der Waals surface area contributed by atoms with E-state index in [1.165, 1.54) is 49.1 Å². The Morgan fingerprint density at radius 3 is 1.15 bits per heavy atom. The first-order valence-corrected chi connectivity index (χ1v) is 4.84. The third-order valence-corrected chi connectivity index (χ3v) is 1.83. The second-order valence-electron chi connectivity index (χ2n) is 3.05. The molecule has 0 atom stereocenters. The molecule has 0 aliphatic carbocycles. The molecule has 2 aromatic rings. The summed E-state index contributed by atoms with van der Waals surface area (Å²) in [6.07, 6.45) is 5.63. The fourth-order valence-corrected chi connectivity index (χ4v) is 0.976. The Bertz CT molecular complexity index is 472. The van der Waals surface area contributed by atoms with Crippen molar-refractivity contribution in [2.24, 2.45) is 0 Å². The molecule has 0 aliphatic heterocycles. The van der Waals surface area contributed by atoms with Gasteiger partial charge in [0.05, 0.1) is 11.9 Å². The van der Waals surface area contributed by atoms with Crippen molar-refractivity contribution in [3.8, 4) is 0 Å². The van der Waals surface area contributed by atoms with Crippen LogP contribution in [0.15, 0.2) is 49.1 Å². The number of aromatic carboxylic acids is 2. The van der Waals surface area contributed by atoms with Gasteiger partial charge < -0.3 is 25.3 Å². The van der Waals surface area contributed by atoms with Gasteiger partial charge in [0.25, 0.3) is 0 Å². The minimum absolute atomic E-state index is 0. The molecule has 0 aliphatic rings. The predicted molar refractivity (Wildman–Crippen MR) is 66.5 cm³/mol. The second-order valence-corrected chi connectivity index (χ2v) is 3.05. The Morgan fingerprint density at radius 1 is 0.750 bits per heavy atom. The third kappa shape index (κ3) is 7.53. The van der Waals surface area contributed by atoms with Gasteiger partial charge in [0.2, 0.25) is 0 Å². The van der Waals surface area contributed by atoms with Crippen molar-refractivity contribution in [2.45, 2.75) is 0 Å². The number of rotatable bonds is 2. The summed E-state index contributed by atoms with van der Waals surface area (Å²) in [5.74, 6) is -2.34. The SMILES string of the molecule is O.O=C([O-])c1ccncc1.O=C([O-])c1ccncc1.[Pb+2]. The van der Waals surface area contributed by atoms with Gasteiger partial charge in [-0.2, -0.15) is 0 Å². The van der Waals surface area contributed by atoms with Crippen LogP contribution in [-0.2, 0) is 0 Å². The first-order chi connectivity index (χ1) is 8.61. The molecule has 0 amide bonds. The number of aromatic nitrogens is 2. The van der Waals surface area contributed by atoms with Gasteiger partial charge in [-0.3, -0.25) is 9.97 Å². The number of carbonyl (C=O) groups excluding carboxylic acids is 2. The molecule has 2 aromatic heterocycles. The molecule has 2 heterocycles. The molecule has 2 N–H and O–H groups in total. The van der Waals surface area contributed by atoms with Gasteiger partial charge in [-0.1, -0.05) is 0 Å². The third-order valence-electron chi connectivity index (χ3n) is 1.83. The summed E-state index contributed by atoms with van der Waals surface area (Å²) in [5, 5.41) is 20.1. The molecule has 8 heteroatoms. The van der Waals surface area contributed by atoms with E-state index >= 15 is 0 Å². The van der Waals surface area contributed by atoms with Gasteiger partial charge in [-0.25, -0.2) is 0 Å². The van der Waals surface area contributed by atoms with Crippen molar-refractivity contribution in [1.82, 2.24) is 9.97 Å². The zero-order chi connectivity index (χ0) is 13.4. The Hall–Kier alpha value is -1.88. The average Bonchev–Trinajstić information content (AvgIpc) is 2.41. The standard InChI is InChI=1S/2C6H5NO2.H2O.Pb/c2*8-6(9)5-1-3-7-4-2-5;;/h2*1-4H,(H,8,9);1H2;/q;;;+2/p-2. The number of carboxylic acid groups (broad SMARTS) is 2. The van der Waals surface area contributed by atoms with E-state index in [1.54, 1.807) is 0 Å². The summed E-state index contributed by atoms with van der Waals surface area (Å²) in [5.41, 5.74) is 0.315. The molecule has 0 saturated heterocycles. The summed E-state index contributed by atoms with van der Waals surface area (Å²) >= 11 is 0. The summed E-state index contributed by atoms with van der Waals surface area (Å²) in [4.78, 5) is 27.4. The van der Waals surface area contributed by atoms with E-state index in [2.05, 4.69) is 9.97 Å². The number of hydrogen-bond acceptors (Lipinski definition) is 6. The largest absolute Gasteiger partial charge is 2.00 e. The zero-order valence-electron chi connectivity index (χ0n) is 10.1. The molecule has 0 unspecified atom stereocenters. The van der Waals surface area contributed by atoms with Gasteiger partial charge in [0, 0.05) is 35.9 Å². The first-order valence-electron chi connectivity index (χ1n) is 4.84. The molecular weight excluding hydrogens is 459 g/mol. The van der Waals surface area contributed by atoms with Gasteiger partial charge in [0.15, 0.2) is 0 Å². The summed E-state index contributed by atoms with van der Waals surface area (Å²) in [7, 11) is 0. The smallest absolute Gasteiger partial charge is 0.545 e. The maximum Gasteiger partial charge on any atom is 2.00 e. The second kappa shape index (κ2) is 11.0. The van der Waals surface area contributed by atoms with E-state index in [4.69, 9.17) is 0 Å². The molecule has 102 valence electrons. The van der Waals surface area contributed by atoms with Crippen LogP contribution in [0.25, 0.3) is 0 Å². The van der Waals surface area contributed by atoms with Crippen molar-refractivity contribution in [3.05, 3.63) is 60.2 Å². The monoisotopic (exact) mass is 470 g/mol. The molecule has 0 bridgehead atoms.